The minimum Gasteiger partial charge on any atom is -0.380 e. The first kappa shape index (κ1) is 17.2. The lowest BCUT2D eigenvalue weighted by molar-refractivity contribution is 0.0171. The predicted molar refractivity (Wildman–Crippen MR) is 89.6 cm³/mol. The van der Waals surface area contributed by atoms with Gasteiger partial charge < -0.3 is 15.0 Å². The lowest BCUT2D eigenvalue weighted by Crippen LogP contribution is -2.49. The summed E-state index contributed by atoms with van der Waals surface area (Å²) >= 11 is 0. The Morgan fingerprint density at radius 2 is 2.05 bits per heavy atom. The summed E-state index contributed by atoms with van der Waals surface area (Å²) in [6.07, 6.45) is 7.17. The number of piperidine rings is 1. The third-order valence-electron chi connectivity index (χ3n) is 5.72. The molecule has 124 valence electrons. The van der Waals surface area contributed by atoms with Gasteiger partial charge in [0.15, 0.2) is 0 Å². The van der Waals surface area contributed by atoms with Crippen LogP contribution >= 0.6 is 0 Å². The molecular formula is C18H36N2O. The second-order valence-corrected chi connectivity index (χ2v) is 7.50. The van der Waals surface area contributed by atoms with Crippen LogP contribution in [0.4, 0.5) is 0 Å². The molecule has 3 heteroatoms. The fourth-order valence-corrected chi connectivity index (χ4v) is 4.34. The highest BCUT2D eigenvalue weighted by Crippen LogP contribution is 2.34. The molecule has 1 saturated carbocycles. The number of hydrogen-bond acceptors (Lipinski definition) is 3. The van der Waals surface area contributed by atoms with Crippen molar-refractivity contribution in [2.24, 2.45) is 17.8 Å². The van der Waals surface area contributed by atoms with Gasteiger partial charge in [0.1, 0.15) is 0 Å². The van der Waals surface area contributed by atoms with Crippen LogP contribution in [0.5, 0.6) is 0 Å². The highest BCUT2D eigenvalue weighted by molar-refractivity contribution is 4.88. The Kier molecular flexibility index (Phi) is 6.97. The van der Waals surface area contributed by atoms with Gasteiger partial charge in [0.2, 0.25) is 0 Å². The quantitative estimate of drug-likeness (QED) is 0.815. The Morgan fingerprint density at radius 3 is 2.71 bits per heavy atom. The third kappa shape index (κ3) is 4.94. The van der Waals surface area contributed by atoms with Gasteiger partial charge >= 0.3 is 0 Å². The summed E-state index contributed by atoms with van der Waals surface area (Å²) in [6.45, 7) is 11.8. The molecule has 1 aliphatic heterocycles. The number of nitrogens with one attached hydrogen (secondary N) is 1. The molecule has 2 fully saturated rings. The molecule has 1 heterocycles. The van der Waals surface area contributed by atoms with Crippen LogP contribution in [0.2, 0.25) is 0 Å². The first-order valence-corrected chi connectivity index (χ1v) is 9.12. The average Bonchev–Trinajstić information content (AvgIpc) is 2.49. The monoisotopic (exact) mass is 296 g/mol. The Morgan fingerprint density at radius 1 is 1.24 bits per heavy atom. The van der Waals surface area contributed by atoms with Crippen LogP contribution in [0.15, 0.2) is 0 Å². The van der Waals surface area contributed by atoms with E-state index in [-0.39, 0.29) is 0 Å². The lowest BCUT2D eigenvalue weighted by atomic mass is 9.73. The molecule has 0 aromatic heterocycles. The molecule has 0 amide bonds. The van der Waals surface area contributed by atoms with E-state index < -0.39 is 0 Å². The van der Waals surface area contributed by atoms with E-state index in [9.17, 15) is 0 Å². The van der Waals surface area contributed by atoms with Gasteiger partial charge in [-0.25, -0.2) is 0 Å². The van der Waals surface area contributed by atoms with Gasteiger partial charge in [-0.15, -0.1) is 0 Å². The number of ether oxygens (including phenoxy) is 1. The molecular weight excluding hydrogens is 260 g/mol. The van der Waals surface area contributed by atoms with Crippen molar-refractivity contribution in [2.45, 2.75) is 65.0 Å². The maximum Gasteiger partial charge on any atom is 0.0698 e. The smallest absolute Gasteiger partial charge is 0.0698 e. The Hall–Kier alpha value is -0.120. The fraction of sp³-hybridized carbons (Fsp3) is 1.00. The highest BCUT2D eigenvalue weighted by atomic mass is 16.5. The SMILES string of the molecule is CCNC1CCC(C(C)C)CC1CN1CCCC(OC)C1. The van der Waals surface area contributed by atoms with Crippen molar-refractivity contribution in [3.05, 3.63) is 0 Å². The van der Waals surface area contributed by atoms with Crippen LogP contribution in [-0.2, 0) is 4.74 Å². The standard InChI is InChI=1S/C18H36N2O/c1-5-19-18-9-8-15(14(2)3)11-16(18)12-20-10-6-7-17(13-20)21-4/h14-19H,5-13H2,1-4H3. The molecule has 0 radical (unpaired) electrons. The fourth-order valence-electron chi connectivity index (χ4n) is 4.34. The van der Waals surface area contributed by atoms with Gasteiger partial charge in [0.25, 0.3) is 0 Å². The van der Waals surface area contributed by atoms with Crippen molar-refractivity contribution in [3.63, 3.8) is 0 Å². The van der Waals surface area contributed by atoms with Crippen LogP contribution < -0.4 is 5.32 Å². The number of nitrogens with zero attached hydrogens (tertiary/aromatic N) is 1. The first-order chi connectivity index (χ1) is 10.1. The summed E-state index contributed by atoms with van der Waals surface area (Å²) in [5.74, 6) is 2.58. The molecule has 0 spiro atoms. The maximum absolute atomic E-state index is 5.59. The first-order valence-electron chi connectivity index (χ1n) is 9.12. The van der Waals surface area contributed by atoms with Crippen molar-refractivity contribution < 1.29 is 4.74 Å². The number of rotatable bonds is 6. The minimum absolute atomic E-state index is 0.459. The molecule has 21 heavy (non-hydrogen) atoms. The topological polar surface area (TPSA) is 24.5 Å². The van der Waals surface area contributed by atoms with Gasteiger partial charge in [0, 0.05) is 26.2 Å². The van der Waals surface area contributed by atoms with E-state index in [1.165, 1.54) is 45.2 Å². The van der Waals surface area contributed by atoms with Crippen LogP contribution in [0, 0.1) is 17.8 Å². The van der Waals surface area contributed by atoms with E-state index in [1.54, 1.807) is 0 Å². The summed E-state index contributed by atoms with van der Waals surface area (Å²) in [5.41, 5.74) is 0. The number of likely N-dealkylation sites (tertiary alicyclic amines) is 1. The molecule has 0 aromatic carbocycles. The van der Waals surface area contributed by atoms with Crippen LogP contribution in [0.1, 0.15) is 52.9 Å². The van der Waals surface area contributed by atoms with Crippen molar-refractivity contribution in [2.75, 3.05) is 33.3 Å². The average molecular weight is 296 g/mol. The molecule has 1 aliphatic carbocycles. The molecule has 4 unspecified atom stereocenters. The van der Waals surface area contributed by atoms with Gasteiger partial charge in [-0.3, -0.25) is 0 Å². The zero-order valence-electron chi connectivity index (χ0n) is 14.6. The van der Waals surface area contributed by atoms with Gasteiger partial charge in [-0.05, 0) is 62.9 Å². The van der Waals surface area contributed by atoms with Crippen LogP contribution in [0.3, 0.4) is 0 Å². The molecule has 0 bridgehead atoms. The second-order valence-electron chi connectivity index (χ2n) is 7.50. The van der Waals surface area contributed by atoms with Crippen molar-refractivity contribution in [1.82, 2.24) is 10.2 Å². The van der Waals surface area contributed by atoms with Gasteiger partial charge in [0.05, 0.1) is 6.10 Å². The zero-order valence-corrected chi connectivity index (χ0v) is 14.6. The Bertz CT molecular complexity index is 295. The molecule has 0 aromatic rings. The van der Waals surface area contributed by atoms with Gasteiger partial charge in [-0.2, -0.15) is 0 Å². The van der Waals surface area contributed by atoms with E-state index in [0.717, 1.165) is 36.9 Å². The normalized spacial score (nSPS) is 35.3. The van der Waals surface area contributed by atoms with Crippen LogP contribution in [-0.4, -0.2) is 50.3 Å². The molecule has 2 aliphatic rings. The summed E-state index contributed by atoms with van der Waals surface area (Å²) in [5, 5.41) is 3.75. The zero-order chi connectivity index (χ0) is 15.2. The van der Waals surface area contributed by atoms with Gasteiger partial charge in [-0.1, -0.05) is 20.8 Å². The summed E-state index contributed by atoms with van der Waals surface area (Å²) < 4.78 is 5.59. The summed E-state index contributed by atoms with van der Waals surface area (Å²) in [4.78, 5) is 2.66. The molecule has 2 rings (SSSR count). The summed E-state index contributed by atoms with van der Waals surface area (Å²) in [6, 6.07) is 0.730. The lowest BCUT2D eigenvalue weighted by Gasteiger charge is -2.42. The van der Waals surface area contributed by atoms with E-state index in [1.807, 2.05) is 7.11 Å². The Labute approximate surface area is 131 Å². The summed E-state index contributed by atoms with van der Waals surface area (Å²) in [7, 11) is 1.87. The van der Waals surface area contributed by atoms with E-state index in [2.05, 4.69) is 31.0 Å². The highest BCUT2D eigenvalue weighted by Gasteiger charge is 2.33. The van der Waals surface area contributed by atoms with E-state index in [0.29, 0.717) is 6.10 Å². The molecule has 3 nitrogen and oxygen atoms in total. The molecule has 1 saturated heterocycles. The maximum atomic E-state index is 5.59. The van der Waals surface area contributed by atoms with E-state index >= 15 is 0 Å². The molecule has 4 atom stereocenters. The van der Waals surface area contributed by atoms with Crippen LogP contribution in [0.25, 0.3) is 0 Å². The molecule has 1 N–H and O–H groups in total. The van der Waals surface area contributed by atoms with Crippen molar-refractivity contribution in [1.29, 1.82) is 0 Å². The number of methoxy groups -OCH3 is 1. The van der Waals surface area contributed by atoms with Crippen molar-refractivity contribution in [3.8, 4) is 0 Å². The van der Waals surface area contributed by atoms with Crippen molar-refractivity contribution >= 4 is 0 Å². The minimum atomic E-state index is 0.459. The third-order valence-corrected chi connectivity index (χ3v) is 5.72. The largest absolute Gasteiger partial charge is 0.380 e. The number of hydrogen-bond donors (Lipinski definition) is 1. The predicted octanol–water partition coefficient (Wildman–Crippen LogP) is 3.15. The Balaban J connectivity index is 1.92. The second kappa shape index (κ2) is 8.50. The van der Waals surface area contributed by atoms with E-state index in [4.69, 9.17) is 4.74 Å².